The third kappa shape index (κ3) is 3.78. The summed E-state index contributed by atoms with van der Waals surface area (Å²) < 4.78 is 0. The standard InChI is InChI=1S/C18H25NO10/c1-8(21)14(26)17(9(2)22,19(11(4)24)16(28)12-5-6-12)18(29,10(3)23)15(27)13(25)7-20/h12-13,15,20,25,27,29H,5-7H2,1-4H3/t13-,15-,17-,18+/m1/s1. The van der Waals surface area contributed by atoms with Crippen LogP contribution in [-0.4, -0.2) is 90.2 Å². The first kappa shape index (κ1) is 24.7. The molecule has 1 saturated carbocycles. The summed E-state index contributed by atoms with van der Waals surface area (Å²) in [4.78, 5) is 75.5. The van der Waals surface area contributed by atoms with E-state index in [0.29, 0.717) is 33.6 Å². The monoisotopic (exact) mass is 415 g/mol. The van der Waals surface area contributed by atoms with E-state index < -0.39 is 70.8 Å². The molecular formula is C18H25NO10. The van der Waals surface area contributed by atoms with Crippen LogP contribution in [0, 0.1) is 5.92 Å². The number of hydrogen-bond acceptors (Lipinski definition) is 10. The van der Waals surface area contributed by atoms with Crippen molar-refractivity contribution in [2.45, 2.75) is 63.9 Å². The second kappa shape index (κ2) is 8.57. The van der Waals surface area contributed by atoms with Gasteiger partial charge in [-0.3, -0.25) is 33.7 Å². The molecule has 2 amide bonds. The molecule has 4 N–H and O–H groups in total. The van der Waals surface area contributed by atoms with Crippen molar-refractivity contribution in [2.24, 2.45) is 5.92 Å². The van der Waals surface area contributed by atoms with Gasteiger partial charge in [0.1, 0.15) is 12.2 Å². The van der Waals surface area contributed by atoms with Gasteiger partial charge in [0.25, 0.3) is 0 Å². The van der Waals surface area contributed by atoms with Crippen molar-refractivity contribution >= 4 is 34.9 Å². The first-order chi connectivity index (χ1) is 13.2. The van der Waals surface area contributed by atoms with Gasteiger partial charge >= 0.3 is 0 Å². The third-order valence-electron chi connectivity index (χ3n) is 5.02. The van der Waals surface area contributed by atoms with Crippen molar-refractivity contribution in [1.29, 1.82) is 0 Å². The number of ketones is 4. The number of imide groups is 1. The van der Waals surface area contributed by atoms with Gasteiger partial charge in [-0.25, -0.2) is 0 Å². The Bertz CT molecular complexity index is 758. The third-order valence-corrected chi connectivity index (χ3v) is 5.02. The lowest BCUT2D eigenvalue weighted by Crippen LogP contribution is -2.81. The van der Waals surface area contributed by atoms with Gasteiger partial charge in [-0.1, -0.05) is 0 Å². The van der Waals surface area contributed by atoms with Gasteiger partial charge in [-0.15, -0.1) is 0 Å². The Morgan fingerprint density at radius 3 is 1.72 bits per heavy atom. The zero-order chi connectivity index (χ0) is 22.9. The Labute approximate surface area is 166 Å². The van der Waals surface area contributed by atoms with Crippen LogP contribution in [0.25, 0.3) is 0 Å². The van der Waals surface area contributed by atoms with E-state index in [1.807, 2.05) is 0 Å². The highest BCUT2D eigenvalue weighted by Gasteiger charge is 2.72. The Hall–Kier alpha value is -2.34. The molecule has 0 aromatic rings. The summed E-state index contributed by atoms with van der Waals surface area (Å²) in [5.41, 5.74) is -7.08. The summed E-state index contributed by atoms with van der Waals surface area (Å²) >= 11 is 0. The van der Waals surface area contributed by atoms with Crippen molar-refractivity contribution in [1.82, 2.24) is 4.90 Å². The number of nitrogens with zero attached hydrogens (tertiary/aromatic N) is 1. The van der Waals surface area contributed by atoms with Crippen LogP contribution in [0.5, 0.6) is 0 Å². The van der Waals surface area contributed by atoms with Crippen LogP contribution in [0.3, 0.4) is 0 Å². The zero-order valence-corrected chi connectivity index (χ0v) is 16.5. The molecule has 0 aromatic heterocycles. The number of carbonyl (C=O) groups is 6. The molecule has 1 rings (SSSR count). The first-order valence-electron chi connectivity index (χ1n) is 8.84. The predicted octanol–water partition coefficient (Wildman–Crippen LogP) is -2.71. The van der Waals surface area contributed by atoms with Gasteiger partial charge in [-0.2, -0.15) is 0 Å². The number of carbonyl (C=O) groups excluding carboxylic acids is 6. The summed E-state index contributed by atoms with van der Waals surface area (Å²) in [5.74, 6) is -9.25. The van der Waals surface area contributed by atoms with Crippen molar-refractivity contribution in [3.05, 3.63) is 0 Å². The Morgan fingerprint density at radius 2 is 1.45 bits per heavy atom. The normalized spacial score (nSPS) is 19.9. The van der Waals surface area contributed by atoms with Crippen molar-refractivity contribution in [2.75, 3.05) is 6.61 Å². The average Bonchev–Trinajstić information content (AvgIpc) is 3.47. The number of Topliss-reactive ketones (excluding diaryl/α,β-unsaturated/α-hetero) is 4. The topological polar surface area (TPSA) is 187 Å². The minimum absolute atomic E-state index is 0.0332. The van der Waals surface area contributed by atoms with E-state index in [4.69, 9.17) is 5.11 Å². The van der Waals surface area contributed by atoms with E-state index in [1.54, 1.807) is 0 Å². The molecule has 11 nitrogen and oxygen atoms in total. The Balaban J connectivity index is 4.09. The van der Waals surface area contributed by atoms with Crippen LogP contribution in [-0.2, 0) is 28.8 Å². The molecule has 0 spiro atoms. The number of hydrogen-bond donors (Lipinski definition) is 4. The van der Waals surface area contributed by atoms with Crippen molar-refractivity contribution in [3.8, 4) is 0 Å². The van der Waals surface area contributed by atoms with E-state index in [2.05, 4.69) is 0 Å². The number of aliphatic hydroxyl groups is 4. The predicted molar refractivity (Wildman–Crippen MR) is 94.1 cm³/mol. The summed E-state index contributed by atoms with van der Waals surface area (Å²) in [5, 5.41) is 40.7. The average molecular weight is 415 g/mol. The maximum absolute atomic E-state index is 13.0. The van der Waals surface area contributed by atoms with Gasteiger partial charge in [0, 0.05) is 19.8 Å². The molecule has 0 aromatic carbocycles. The van der Waals surface area contributed by atoms with Gasteiger partial charge < -0.3 is 20.4 Å². The SMILES string of the molecule is CC(=O)C(=O)[C@@](C(C)=O)(N(C(C)=O)C(=O)C1CC1)[C@](O)(C(C)=O)[C@H](O)[C@H](O)CO. The Morgan fingerprint density at radius 1 is 0.966 bits per heavy atom. The summed E-state index contributed by atoms with van der Waals surface area (Å²) in [6, 6.07) is 0. The fourth-order valence-electron chi connectivity index (χ4n) is 3.41. The molecule has 0 bridgehead atoms. The van der Waals surface area contributed by atoms with Crippen LogP contribution in [0.2, 0.25) is 0 Å². The molecule has 0 aliphatic heterocycles. The highest BCUT2D eigenvalue weighted by molar-refractivity contribution is 6.47. The van der Waals surface area contributed by atoms with Gasteiger partial charge in [0.05, 0.1) is 6.61 Å². The number of amides is 2. The number of aliphatic hydroxyl groups excluding tert-OH is 3. The fourth-order valence-corrected chi connectivity index (χ4v) is 3.41. The highest BCUT2D eigenvalue weighted by Crippen LogP contribution is 2.41. The maximum atomic E-state index is 13.0. The second-order valence-corrected chi connectivity index (χ2v) is 7.14. The van der Waals surface area contributed by atoms with Crippen LogP contribution in [0.4, 0.5) is 0 Å². The van der Waals surface area contributed by atoms with E-state index in [1.165, 1.54) is 0 Å². The van der Waals surface area contributed by atoms with Crippen molar-refractivity contribution < 1.29 is 49.2 Å². The van der Waals surface area contributed by atoms with E-state index in [0.717, 1.165) is 6.92 Å². The molecule has 0 heterocycles. The summed E-state index contributed by atoms with van der Waals surface area (Å²) in [6.07, 6.45) is -4.37. The largest absolute Gasteiger partial charge is 0.394 e. The van der Waals surface area contributed by atoms with Crippen LogP contribution in [0.15, 0.2) is 0 Å². The molecule has 0 unspecified atom stereocenters. The molecule has 0 radical (unpaired) electrons. The molecule has 1 fully saturated rings. The van der Waals surface area contributed by atoms with Crippen LogP contribution >= 0.6 is 0 Å². The molecule has 162 valence electrons. The van der Waals surface area contributed by atoms with Crippen molar-refractivity contribution in [3.63, 3.8) is 0 Å². The first-order valence-corrected chi connectivity index (χ1v) is 8.84. The van der Waals surface area contributed by atoms with Crippen LogP contribution < -0.4 is 0 Å². The maximum Gasteiger partial charge on any atom is 0.235 e. The zero-order valence-electron chi connectivity index (χ0n) is 16.5. The van der Waals surface area contributed by atoms with Gasteiger partial charge in [0.2, 0.25) is 23.1 Å². The molecule has 0 saturated heterocycles. The lowest BCUT2D eigenvalue weighted by atomic mass is 9.65. The van der Waals surface area contributed by atoms with Crippen LogP contribution in [0.1, 0.15) is 40.5 Å². The van der Waals surface area contributed by atoms with E-state index in [9.17, 15) is 44.1 Å². The molecule has 4 atom stereocenters. The molecule has 11 heteroatoms. The lowest BCUT2D eigenvalue weighted by Gasteiger charge is -2.50. The lowest BCUT2D eigenvalue weighted by molar-refractivity contribution is -0.207. The highest BCUT2D eigenvalue weighted by atomic mass is 16.4. The fraction of sp³-hybridized carbons (Fsp3) is 0.667. The quantitative estimate of drug-likeness (QED) is 0.216. The summed E-state index contributed by atoms with van der Waals surface area (Å²) in [6.45, 7) is 1.55. The van der Waals surface area contributed by atoms with E-state index >= 15 is 0 Å². The minimum atomic E-state index is -3.61. The van der Waals surface area contributed by atoms with Gasteiger partial charge in [-0.05, 0) is 26.7 Å². The number of rotatable bonds is 10. The molecule has 1 aliphatic carbocycles. The molecule has 1 aliphatic rings. The minimum Gasteiger partial charge on any atom is -0.394 e. The van der Waals surface area contributed by atoms with Gasteiger partial charge in [0.15, 0.2) is 23.0 Å². The van der Waals surface area contributed by atoms with E-state index in [-0.39, 0.29) is 4.90 Å². The second-order valence-electron chi connectivity index (χ2n) is 7.14. The summed E-state index contributed by atoms with van der Waals surface area (Å²) in [7, 11) is 0. The smallest absolute Gasteiger partial charge is 0.235 e. The molecular weight excluding hydrogens is 390 g/mol. The Kier molecular flexibility index (Phi) is 7.30. The molecule has 29 heavy (non-hydrogen) atoms.